The summed E-state index contributed by atoms with van der Waals surface area (Å²) in [6.07, 6.45) is 3.77. The smallest absolute Gasteiger partial charge is 0.228 e. The molecule has 0 radical (unpaired) electrons. The fourth-order valence-electron chi connectivity index (χ4n) is 3.67. The Kier molecular flexibility index (Phi) is 5.27. The zero-order chi connectivity index (χ0) is 23.1. The third kappa shape index (κ3) is 4.28. The summed E-state index contributed by atoms with van der Waals surface area (Å²) >= 11 is 0. The van der Waals surface area contributed by atoms with E-state index < -0.39 is 12.1 Å². The monoisotopic (exact) mass is 450 g/mol. The number of hydrogen-bond acceptors (Lipinski definition) is 7. The number of methoxy groups -OCH3 is 1. The minimum Gasteiger partial charge on any atom is -0.494 e. The van der Waals surface area contributed by atoms with Gasteiger partial charge < -0.3 is 15.4 Å². The summed E-state index contributed by atoms with van der Waals surface area (Å²) in [5.74, 6) is 0.214. The molecular weight excluding hydrogens is 427 g/mol. The predicted molar refractivity (Wildman–Crippen MR) is 119 cm³/mol. The second-order valence-electron chi connectivity index (χ2n) is 8.35. The van der Waals surface area contributed by atoms with Gasteiger partial charge in [0.25, 0.3) is 0 Å². The number of carbonyl (C=O) groups excluding carboxylic acids is 2. The molecule has 33 heavy (non-hydrogen) atoms. The third-order valence-corrected chi connectivity index (χ3v) is 5.75. The SMILES string of the molecule is COc1c(Nc2cc(NC(=O)C3CC3)ncc2C(=O)C2CC2F)cccc1-c1ncn(C)n1. The molecule has 1 amide bonds. The van der Waals surface area contributed by atoms with Gasteiger partial charge in [-0.2, -0.15) is 5.10 Å². The fraction of sp³-hybridized carbons (Fsp3) is 0.348. The predicted octanol–water partition coefficient (Wildman–Crippen LogP) is 3.52. The van der Waals surface area contributed by atoms with Crippen molar-refractivity contribution in [3.63, 3.8) is 0 Å². The molecule has 0 spiro atoms. The zero-order valence-corrected chi connectivity index (χ0v) is 18.2. The Morgan fingerprint density at radius 1 is 1.21 bits per heavy atom. The Bertz CT molecular complexity index is 1240. The third-order valence-electron chi connectivity index (χ3n) is 5.75. The summed E-state index contributed by atoms with van der Waals surface area (Å²) in [6, 6.07) is 7.02. The highest BCUT2D eigenvalue weighted by molar-refractivity contribution is 6.05. The molecule has 2 unspecified atom stereocenters. The summed E-state index contributed by atoms with van der Waals surface area (Å²) < 4.78 is 20.9. The molecular formula is C23H23FN6O3. The van der Waals surface area contributed by atoms with E-state index in [0.717, 1.165) is 12.8 Å². The molecule has 2 aliphatic rings. The van der Waals surface area contributed by atoms with E-state index in [2.05, 4.69) is 25.7 Å². The number of hydrogen-bond donors (Lipinski definition) is 2. The topological polar surface area (TPSA) is 111 Å². The molecule has 2 heterocycles. The lowest BCUT2D eigenvalue weighted by Crippen LogP contribution is -2.16. The van der Waals surface area contributed by atoms with Crippen molar-refractivity contribution in [2.45, 2.75) is 25.4 Å². The van der Waals surface area contributed by atoms with Crippen LogP contribution in [0, 0.1) is 11.8 Å². The van der Waals surface area contributed by atoms with E-state index >= 15 is 0 Å². The number of aromatic nitrogens is 4. The molecule has 2 fully saturated rings. The van der Waals surface area contributed by atoms with E-state index in [0.29, 0.717) is 34.3 Å². The number of carbonyl (C=O) groups is 2. The average molecular weight is 450 g/mol. The Hall–Kier alpha value is -3.82. The van der Waals surface area contributed by atoms with Crippen LogP contribution in [0.4, 0.5) is 21.6 Å². The number of nitrogens with one attached hydrogen (secondary N) is 2. The molecule has 170 valence electrons. The number of aryl methyl sites for hydroxylation is 1. The van der Waals surface area contributed by atoms with Gasteiger partial charge in [0.15, 0.2) is 17.4 Å². The highest BCUT2D eigenvalue weighted by atomic mass is 19.1. The van der Waals surface area contributed by atoms with Gasteiger partial charge in [-0.3, -0.25) is 14.3 Å². The van der Waals surface area contributed by atoms with Crippen LogP contribution in [0.2, 0.25) is 0 Å². The number of ketones is 1. The van der Waals surface area contributed by atoms with Crippen molar-refractivity contribution in [3.05, 3.63) is 42.4 Å². The number of anilines is 3. The van der Waals surface area contributed by atoms with Crippen LogP contribution in [-0.2, 0) is 11.8 Å². The highest BCUT2D eigenvalue weighted by Crippen LogP contribution is 2.41. The molecule has 2 aromatic heterocycles. The van der Waals surface area contributed by atoms with E-state index in [1.807, 2.05) is 12.1 Å². The molecule has 10 heteroatoms. The second-order valence-corrected chi connectivity index (χ2v) is 8.35. The molecule has 3 aromatic rings. The first kappa shape index (κ1) is 21.0. The first-order valence-corrected chi connectivity index (χ1v) is 10.7. The maximum absolute atomic E-state index is 13.6. The molecule has 2 aliphatic carbocycles. The van der Waals surface area contributed by atoms with Crippen molar-refractivity contribution in [1.82, 2.24) is 19.7 Å². The fourth-order valence-corrected chi connectivity index (χ4v) is 3.67. The van der Waals surface area contributed by atoms with Crippen LogP contribution in [-0.4, -0.2) is 44.7 Å². The molecule has 2 saturated carbocycles. The minimum absolute atomic E-state index is 0.00549. The number of pyridine rings is 1. The van der Waals surface area contributed by atoms with Gasteiger partial charge in [-0.15, -0.1) is 0 Å². The van der Waals surface area contributed by atoms with Crippen LogP contribution < -0.4 is 15.4 Å². The number of nitrogens with zero attached hydrogens (tertiary/aromatic N) is 4. The number of Topliss-reactive ketones (excluding diaryl/α,β-unsaturated/α-hetero) is 1. The quantitative estimate of drug-likeness (QED) is 0.505. The molecule has 5 rings (SSSR count). The van der Waals surface area contributed by atoms with Gasteiger partial charge in [-0.1, -0.05) is 6.07 Å². The van der Waals surface area contributed by atoms with Crippen LogP contribution in [0.5, 0.6) is 5.75 Å². The molecule has 9 nitrogen and oxygen atoms in total. The number of ether oxygens (including phenoxy) is 1. The molecule has 0 aliphatic heterocycles. The number of rotatable bonds is 8. The van der Waals surface area contributed by atoms with Gasteiger partial charge in [0.1, 0.15) is 18.3 Å². The average Bonchev–Trinajstić information content (AvgIpc) is 3.73. The van der Waals surface area contributed by atoms with Crippen molar-refractivity contribution in [1.29, 1.82) is 0 Å². The lowest BCUT2D eigenvalue weighted by atomic mass is 10.1. The largest absolute Gasteiger partial charge is 0.494 e. The van der Waals surface area contributed by atoms with E-state index in [1.54, 1.807) is 30.2 Å². The van der Waals surface area contributed by atoms with Crippen LogP contribution >= 0.6 is 0 Å². The van der Waals surface area contributed by atoms with Crippen molar-refractivity contribution in [3.8, 4) is 17.1 Å². The summed E-state index contributed by atoms with van der Waals surface area (Å²) in [6.45, 7) is 0. The van der Waals surface area contributed by atoms with Crippen LogP contribution in [0.15, 0.2) is 36.8 Å². The van der Waals surface area contributed by atoms with Crippen molar-refractivity contribution < 1.29 is 18.7 Å². The van der Waals surface area contributed by atoms with Gasteiger partial charge in [0, 0.05) is 25.2 Å². The van der Waals surface area contributed by atoms with E-state index in [4.69, 9.17) is 4.74 Å². The zero-order valence-electron chi connectivity index (χ0n) is 18.2. The van der Waals surface area contributed by atoms with Crippen molar-refractivity contribution in [2.24, 2.45) is 18.9 Å². The van der Waals surface area contributed by atoms with Gasteiger partial charge in [0.05, 0.1) is 35.5 Å². The number of benzene rings is 1. The minimum atomic E-state index is -1.13. The van der Waals surface area contributed by atoms with Gasteiger partial charge in [-0.05, 0) is 31.4 Å². The van der Waals surface area contributed by atoms with Crippen LogP contribution in [0.3, 0.4) is 0 Å². The van der Waals surface area contributed by atoms with E-state index in [-0.39, 0.29) is 29.6 Å². The lowest BCUT2D eigenvalue weighted by Gasteiger charge is -2.17. The van der Waals surface area contributed by atoms with Crippen LogP contribution in [0.1, 0.15) is 29.6 Å². The van der Waals surface area contributed by atoms with Crippen LogP contribution in [0.25, 0.3) is 11.4 Å². The number of para-hydroxylation sites is 1. The second kappa shape index (κ2) is 8.27. The Morgan fingerprint density at radius 3 is 2.64 bits per heavy atom. The molecule has 2 atom stereocenters. The normalized spacial score (nSPS) is 19.1. The summed E-state index contributed by atoms with van der Waals surface area (Å²) in [4.78, 5) is 33.6. The standard InChI is InChI=1S/C23H23FN6O3/c1-30-11-26-22(29-30)13-4-3-5-17(21(13)33-2)27-18-9-19(28-23(32)12-6-7-12)25-10-15(18)20(31)14-8-16(14)24/h3-5,9-12,14,16H,6-8H2,1-2H3,(H2,25,27,28,32). The van der Waals surface area contributed by atoms with Gasteiger partial charge in [0.2, 0.25) is 5.91 Å². The lowest BCUT2D eigenvalue weighted by molar-refractivity contribution is -0.117. The van der Waals surface area contributed by atoms with E-state index in [9.17, 15) is 14.0 Å². The van der Waals surface area contributed by atoms with Crippen molar-refractivity contribution >= 4 is 28.9 Å². The molecule has 0 bridgehead atoms. The Balaban J connectivity index is 1.51. The first-order chi connectivity index (χ1) is 15.9. The number of amides is 1. The van der Waals surface area contributed by atoms with E-state index in [1.165, 1.54) is 13.3 Å². The number of halogens is 1. The highest BCUT2D eigenvalue weighted by Gasteiger charge is 2.44. The molecule has 0 saturated heterocycles. The Morgan fingerprint density at radius 2 is 2.00 bits per heavy atom. The van der Waals surface area contributed by atoms with Gasteiger partial charge in [-0.25, -0.2) is 14.4 Å². The molecule has 2 N–H and O–H groups in total. The first-order valence-electron chi connectivity index (χ1n) is 10.7. The summed E-state index contributed by atoms with van der Waals surface area (Å²) in [5, 5.41) is 10.3. The summed E-state index contributed by atoms with van der Waals surface area (Å²) in [7, 11) is 3.30. The van der Waals surface area contributed by atoms with Gasteiger partial charge >= 0.3 is 0 Å². The molecule has 1 aromatic carbocycles. The number of alkyl halides is 1. The summed E-state index contributed by atoms with van der Waals surface area (Å²) in [5.41, 5.74) is 1.89. The van der Waals surface area contributed by atoms with Crippen molar-refractivity contribution in [2.75, 3.05) is 17.7 Å². The maximum atomic E-state index is 13.6. The maximum Gasteiger partial charge on any atom is 0.228 e. The Labute approximate surface area is 189 Å².